The Hall–Kier alpha value is -1.61. The lowest BCUT2D eigenvalue weighted by Crippen LogP contribution is -2.60. The Balaban J connectivity index is 2.43. The zero-order valence-electron chi connectivity index (χ0n) is 35.0. The molecular weight excluding hydrogens is 741 g/mol. The molecule has 4 N–H and O–H groups in total. The molecule has 56 heavy (non-hydrogen) atoms. The number of hydrogen-bond acceptors (Lipinski definition) is 11. The van der Waals surface area contributed by atoms with E-state index >= 15 is 0 Å². The van der Waals surface area contributed by atoms with Gasteiger partial charge in [-0.15, -0.1) is 0 Å². The van der Waals surface area contributed by atoms with Gasteiger partial charge in [0.25, 0.3) is 10.1 Å². The number of ether oxygens (including phenoxy) is 4. The summed E-state index contributed by atoms with van der Waals surface area (Å²) in [6.45, 7) is 3.72. The minimum absolute atomic E-state index is 0.168. The van der Waals surface area contributed by atoms with Gasteiger partial charge in [-0.25, -0.2) is 0 Å². The standard InChI is InChI=1S/C43H80O12S/c1-3-5-7-9-11-13-15-16-17-18-19-20-22-24-26-28-30-32-39(45)54-36(33-52-38(44)31-29-27-25-23-21-14-12-10-8-6-4-2)34-53-43-42(48)41(47)40(46)37(55-43)35-56(49,50)51/h10,12,36-37,40-43,46-48H,3-9,11,13-35H2,1-2H3,(H,49,50,51)/b12-10+/t36-,37-,40-,41?,42?,43+/m1/s1. The predicted octanol–water partition coefficient (Wildman–Crippen LogP) is 8.67. The second-order valence-electron chi connectivity index (χ2n) is 15.7. The highest BCUT2D eigenvalue weighted by molar-refractivity contribution is 7.85. The lowest BCUT2D eigenvalue weighted by molar-refractivity contribution is -0.297. The monoisotopic (exact) mass is 821 g/mol. The Kier molecular flexibility index (Phi) is 32.1. The highest BCUT2D eigenvalue weighted by Gasteiger charge is 2.46. The third-order valence-electron chi connectivity index (χ3n) is 10.3. The van der Waals surface area contributed by atoms with Crippen molar-refractivity contribution in [2.45, 2.75) is 230 Å². The molecular formula is C43H80O12S. The van der Waals surface area contributed by atoms with E-state index in [1.165, 1.54) is 96.3 Å². The number of rotatable bonds is 37. The van der Waals surface area contributed by atoms with Crippen molar-refractivity contribution in [3.8, 4) is 0 Å². The zero-order chi connectivity index (χ0) is 41.3. The van der Waals surface area contributed by atoms with Gasteiger partial charge in [0, 0.05) is 12.8 Å². The predicted molar refractivity (Wildman–Crippen MR) is 220 cm³/mol. The summed E-state index contributed by atoms with van der Waals surface area (Å²) in [4.78, 5) is 25.3. The van der Waals surface area contributed by atoms with Crippen molar-refractivity contribution in [1.29, 1.82) is 0 Å². The van der Waals surface area contributed by atoms with Crippen molar-refractivity contribution >= 4 is 22.1 Å². The van der Waals surface area contributed by atoms with Gasteiger partial charge in [-0.1, -0.05) is 161 Å². The van der Waals surface area contributed by atoms with Crippen LogP contribution in [0, 0.1) is 0 Å². The molecule has 1 saturated heterocycles. The van der Waals surface area contributed by atoms with Gasteiger partial charge >= 0.3 is 11.9 Å². The zero-order valence-corrected chi connectivity index (χ0v) is 35.8. The van der Waals surface area contributed by atoms with Gasteiger partial charge in [-0.05, 0) is 32.1 Å². The molecule has 0 aromatic carbocycles. The SMILES string of the molecule is CCCC/C=C/CCCCCCCC(=O)OC[C@H](CO[C@H]1O[C@H](CS(=O)(=O)O)[C@@H](O)C(O)C1O)OC(=O)CCCCCCCCCCCCCCCCCCC. The van der Waals surface area contributed by atoms with Crippen LogP contribution in [0.25, 0.3) is 0 Å². The van der Waals surface area contributed by atoms with E-state index in [1.807, 2.05) is 0 Å². The van der Waals surface area contributed by atoms with Crippen molar-refractivity contribution in [3.05, 3.63) is 12.2 Å². The number of aliphatic hydroxyl groups excluding tert-OH is 3. The number of allylic oxidation sites excluding steroid dienone is 2. The molecule has 330 valence electrons. The van der Waals surface area contributed by atoms with Crippen molar-refractivity contribution in [2.24, 2.45) is 0 Å². The first-order valence-corrected chi connectivity index (χ1v) is 23.9. The molecule has 1 aliphatic heterocycles. The van der Waals surface area contributed by atoms with Gasteiger partial charge in [0.1, 0.15) is 36.8 Å². The fraction of sp³-hybridized carbons (Fsp3) is 0.907. The van der Waals surface area contributed by atoms with Crippen molar-refractivity contribution in [1.82, 2.24) is 0 Å². The number of carbonyl (C=O) groups excluding carboxylic acids is 2. The molecule has 0 amide bonds. The summed E-state index contributed by atoms with van der Waals surface area (Å²) in [7, 11) is -4.60. The summed E-state index contributed by atoms with van der Waals surface area (Å²) >= 11 is 0. The number of unbranched alkanes of at least 4 members (excludes halogenated alkanes) is 23. The van der Waals surface area contributed by atoms with Crippen LogP contribution in [0.3, 0.4) is 0 Å². The van der Waals surface area contributed by atoms with Crippen LogP contribution >= 0.6 is 0 Å². The van der Waals surface area contributed by atoms with E-state index in [9.17, 15) is 37.9 Å². The first-order valence-electron chi connectivity index (χ1n) is 22.2. The number of carbonyl (C=O) groups is 2. The molecule has 0 radical (unpaired) electrons. The van der Waals surface area contributed by atoms with Crippen molar-refractivity contribution in [3.63, 3.8) is 0 Å². The van der Waals surface area contributed by atoms with Crippen LogP contribution < -0.4 is 0 Å². The van der Waals surface area contributed by atoms with Crippen molar-refractivity contribution in [2.75, 3.05) is 19.0 Å². The Morgan fingerprint density at radius 1 is 0.589 bits per heavy atom. The number of hydrogen-bond donors (Lipinski definition) is 4. The smallest absolute Gasteiger partial charge is 0.306 e. The summed E-state index contributed by atoms with van der Waals surface area (Å²) in [6, 6.07) is 0. The van der Waals surface area contributed by atoms with E-state index in [0.717, 1.165) is 57.8 Å². The van der Waals surface area contributed by atoms with E-state index in [1.54, 1.807) is 0 Å². The molecule has 1 aliphatic rings. The Morgan fingerprint density at radius 2 is 1.04 bits per heavy atom. The van der Waals surface area contributed by atoms with Crippen molar-refractivity contribution < 1.29 is 56.8 Å². The van der Waals surface area contributed by atoms with Crippen LogP contribution in [0.15, 0.2) is 12.2 Å². The van der Waals surface area contributed by atoms with Gasteiger partial charge in [-0.3, -0.25) is 14.1 Å². The van der Waals surface area contributed by atoms with Gasteiger partial charge in [0.2, 0.25) is 0 Å². The summed E-state index contributed by atoms with van der Waals surface area (Å²) in [5, 5.41) is 30.8. The third kappa shape index (κ3) is 28.7. The maximum absolute atomic E-state index is 12.8. The van der Waals surface area contributed by atoms with Gasteiger partial charge < -0.3 is 34.3 Å². The van der Waals surface area contributed by atoms with Crippen LogP contribution in [-0.4, -0.2) is 96.0 Å². The van der Waals surface area contributed by atoms with E-state index in [4.69, 9.17) is 18.9 Å². The second-order valence-corrected chi connectivity index (χ2v) is 17.2. The van der Waals surface area contributed by atoms with Gasteiger partial charge in [0.05, 0.1) is 6.61 Å². The average Bonchev–Trinajstić information content (AvgIpc) is 3.16. The molecule has 0 aromatic heterocycles. The largest absolute Gasteiger partial charge is 0.462 e. The first kappa shape index (κ1) is 52.4. The fourth-order valence-corrected chi connectivity index (χ4v) is 7.53. The van der Waals surface area contributed by atoms with Crippen LogP contribution in [0.1, 0.15) is 194 Å². The van der Waals surface area contributed by atoms with Crippen LogP contribution in [0.4, 0.5) is 0 Å². The molecule has 0 saturated carbocycles. The molecule has 2 unspecified atom stereocenters. The Bertz CT molecular complexity index is 1100. The van der Waals surface area contributed by atoms with E-state index in [2.05, 4.69) is 26.0 Å². The summed E-state index contributed by atoms with van der Waals surface area (Å²) < 4.78 is 54.0. The molecule has 0 spiro atoms. The molecule has 0 aromatic rings. The maximum Gasteiger partial charge on any atom is 0.306 e. The molecule has 1 fully saturated rings. The lowest BCUT2D eigenvalue weighted by atomic mass is 10.00. The summed E-state index contributed by atoms with van der Waals surface area (Å²) in [6.07, 6.45) is 25.5. The molecule has 0 bridgehead atoms. The molecule has 12 nitrogen and oxygen atoms in total. The summed E-state index contributed by atoms with van der Waals surface area (Å²) in [5.74, 6) is -1.98. The van der Waals surface area contributed by atoms with Gasteiger partial charge in [0.15, 0.2) is 12.4 Å². The number of aliphatic hydroxyl groups is 3. The second kappa shape index (κ2) is 34.3. The third-order valence-corrected chi connectivity index (χ3v) is 11.1. The maximum atomic E-state index is 12.8. The van der Waals surface area contributed by atoms with Crippen LogP contribution in [0.5, 0.6) is 0 Å². The van der Waals surface area contributed by atoms with Crippen LogP contribution in [-0.2, 0) is 38.7 Å². The number of esters is 2. The highest BCUT2D eigenvalue weighted by atomic mass is 32.2. The Labute approximate surface area is 339 Å². The minimum Gasteiger partial charge on any atom is -0.462 e. The Morgan fingerprint density at radius 3 is 1.54 bits per heavy atom. The minimum atomic E-state index is -4.60. The molecule has 1 heterocycles. The molecule has 0 aliphatic carbocycles. The topological polar surface area (TPSA) is 186 Å². The van der Waals surface area contributed by atoms with Crippen LogP contribution in [0.2, 0.25) is 0 Å². The van der Waals surface area contributed by atoms with Gasteiger partial charge in [-0.2, -0.15) is 8.42 Å². The molecule has 1 rings (SSSR count). The van der Waals surface area contributed by atoms with E-state index in [-0.39, 0.29) is 19.4 Å². The first-order chi connectivity index (χ1) is 27.0. The highest BCUT2D eigenvalue weighted by Crippen LogP contribution is 2.24. The molecule has 6 atom stereocenters. The molecule has 13 heteroatoms. The van der Waals surface area contributed by atoms with E-state index < -0.39 is 71.2 Å². The van der Waals surface area contributed by atoms with E-state index in [0.29, 0.717) is 12.8 Å². The fourth-order valence-electron chi connectivity index (χ4n) is 6.83. The quantitative estimate of drug-likeness (QED) is 0.0203. The summed E-state index contributed by atoms with van der Waals surface area (Å²) in [5.41, 5.74) is 0. The normalized spacial score (nSPS) is 20.7. The average molecular weight is 821 g/mol. The lowest BCUT2D eigenvalue weighted by Gasteiger charge is -2.40.